The van der Waals surface area contributed by atoms with Gasteiger partial charge in [-0.3, -0.25) is 4.79 Å². The Hall–Kier alpha value is -1.35. The van der Waals surface area contributed by atoms with Crippen molar-refractivity contribution in [2.24, 2.45) is 5.92 Å². The lowest BCUT2D eigenvalue weighted by Gasteiger charge is -2.31. The standard InChI is InChI=1S/C17H24O3/c1-3-14-6-4-5-7-17(14)20-12-15-10-13(11-18)8-9-16(15)19-2/h8-11,14,17H,3-7,12H2,1-2H3. The SMILES string of the molecule is CCC1CCCCC1OCc1cc(C=O)ccc1OC. The molecule has 3 heteroatoms. The first-order valence-corrected chi connectivity index (χ1v) is 7.52. The summed E-state index contributed by atoms with van der Waals surface area (Å²) in [5.41, 5.74) is 1.62. The molecule has 0 amide bonds. The molecule has 2 unspecified atom stereocenters. The first-order valence-electron chi connectivity index (χ1n) is 7.52. The third-order valence-electron chi connectivity index (χ3n) is 4.26. The highest BCUT2D eigenvalue weighted by molar-refractivity contribution is 5.75. The first-order chi connectivity index (χ1) is 9.78. The molecular formula is C17H24O3. The van der Waals surface area contributed by atoms with Crippen molar-refractivity contribution in [2.45, 2.75) is 51.7 Å². The molecular weight excluding hydrogens is 252 g/mol. The molecule has 1 fully saturated rings. The molecule has 0 saturated heterocycles. The topological polar surface area (TPSA) is 35.5 Å². The Morgan fingerprint density at radius 1 is 1.30 bits per heavy atom. The summed E-state index contributed by atoms with van der Waals surface area (Å²) in [6.07, 6.45) is 7.38. The molecule has 1 aromatic carbocycles. The van der Waals surface area contributed by atoms with Crippen molar-refractivity contribution < 1.29 is 14.3 Å². The van der Waals surface area contributed by atoms with E-state index in [9.17, 15) is 4.79 Å². The van der Waals surface area contributed by atoms with Crippen LogP contribution in [-0.4, -0.2) is 19.5 Å². The third kappa shape index (κ3) is 3.60. The highest BCUT2D eigenvalue weighted by Crippen LogP contribution is 2.30. The van der Waals surface area contributed by atoms with Crippen LogP contribution in [0, 0.1) is 5.92 Å². The van der Waals surface area contributed by atoms with Crippen LogP contribution < -0.4 is 4.74 Å². The predicted molar refractivity (Wildman–Crippen MR) is 79.2 cm³/mol. The van der Waals surface area contributed by atoms with E-state index in [0.717, 1.165) is 24.0 Å². The van der Waals surface area contributed by atoms with Crippen molar-refractivity contribution in [3.8, 4) is 5.75 Å². The van der Waals surface area contributed by atoms with E-state index in [1.165, 1.54) is 25.7 Å². The second-order valence-electron chi connectivity index (χ2n) is 5.49. The van der Waals surface area contributed by atoms with Crippen molar-refractivity contribution in [1.29, 1.82) is 0 Å². The fraction of sp³-hybridized carbons (Fsp3) is 0.588. The van der Waals surface area contributed by atoms with E-state index in [2.05, 4.69) is 6.92 Å². The van der Waals surface area contributed by atoms with Crippen LogP contribution in [0.15, 0.2) is 18.2 Å². The Morgan fingerprint density at radius 2 is 2.10 bits per heavy atom. The smallest absolute Gasteiger partial charge is 0.150 e. The van der Waals surface area contributed by atoms with Gasteiger partial charge in [0, 0.05) is 11.1 Å². The maximum Gasteiger partial charge on any atom is 0.150 e. The third-order valence-corrected chi connectivity index (χ3v) is 4.26. The predicted octanol–water partition coefficient (Wildman–Crippen LogP) is 3.99. The van der Waals surface area contributed by atoms with Gasteiger partial charge >= 0.3 is 0 Å². The van der Waals surface area contributed by atoms with Gasteiger partial charge in [-0.15, -0.1) is 0 Å². The number of rotatable bonds is 6. The summed E-state index contributed by atoms with van der Waals surface area (Å²) in [6.45, 7) is 2.76. The van der Waals surface area contributed by atoms with E-state index in [1.54, 1.807) is 13.2 Å². The van der Waals surface area contributed by atoms with Crippen LogP contribution in [0.5, 0.6) is 5.75 Å². The van der Waals surface area contributed by atoms with Crippen molar-refractivity contribution >= 4 is 6.29 Å². The van der Waals surface area contributed by atoms with Crippen LogP contribution in [0.1, 0.15) is 54.9 Å². The molecule has 2 rings (SSSR count). The zero-order valence-electron chi connectivity index (χ0n) is 12.4. The van der Waals surface area contributed by atoms with E-state index >= 15 is 0 Å². The molecule has 0 spiro atoms. The molecule has 0 aliphatic heterocycles. The Morgan fingerprint density at radius 3 is 2.80 bits per heavy atom. The first kappa shape index (κ1) is 15.0. The van der Waals surface area contributed by atoms with Crippen molar-refractivity contribution in [1.82, 2.24) is 0 Å². The van der Waals surface area contributed by atoms with Gasteiger partial charge < -0.3 is 9.47 Å². The molecule has 1 aliphatic carbocycles. The highest BCUT2D eigenvalue weighted by Gasteiger charge is 2.24. The van der Waals surface area contributed by atoms with Gasteiger partial charge in [0.1, 0.15) is 12.0 Å². The molecule has 0 N–H and O–H groups in total. The Labute approximate surface area is 121 Å². The maximum atomic E-state index is 10.9. The number of carbonyl (C=O) groups excluding carboxylic acids is 1. The van der Waals surface area contributed by atoms with Crippen LogP contribution >= 0.6 is 0 Å². The minimum Gasteiger partial charge on any atom is -0.496 e. The zero-order valence-corrected chi connectivity index (χ0v) is 12.4. The molecule has 1 saturated carbocycles. The lowest BCUT2D eigenvalue weighted by Crippen LogP contribution is -2.27. The van der Waals surface area contributed by atoms with Crippen molar-refractivity contribution in [2.75, 3.05) is 7.11 Å². The monoisotopic (exact) mass is 276 g/mol. The maximum absolute atomic E-state index is 10.9. The highest BCUT2D eigenvalue weighted by atomic mass is 16.5. The van der Waals surface area contributed by atoms with Crippen LogP contribution in [0.4, 0.5) is 0 Å². The molecule has 0 aromatic heterocycles. The number of hydrogen-bond donors (Lipinski definition) is 0. The van der Waals surface area contributed by atoms with E-state index in [4.69, 9.17) is 9.47 Å². The van der Waals surface area contributed by atoms with Crippen molar-refractivity contribution in [3.05, 3.63) is 29.3 Å². The minimum absolute atomic E-state index is 0.346. The van der Waals surface area contributed by atoms with Gasteiger partial charge in [0.2, 0.25) is 0 Å². The summed E-state index contributed by atoms with van der Waals surface area (Å²) >= 11 is 0. The molecule has 0 radical (unpaired) electrons. The number of benzene rings is 1. The molecule has 110 valence electrons. The fourth-order valence-corrected chi connectivity index (χ4v) is 3.04. The number of ether oxygens (including phenoxy) is 2. The summed E-state index contributed by atoms with van der Waals surface area (Å²) in [7, 11) is 1.65. The van der Waals surface area contributed by atoms with E-state index in [0.29, 0.717) is 24.2 Å². The van der Waals surface area contributed by atoms with Gasteiger partial charge in [0.15, 0.2) is 0 Å². The van der Waals surface area contributed by atoms with Gasteiger partial charge in [-0.2, -0.15) is 0 Å². The second kappa shape index (κ2) is 7.44. The summed E-state index contributed by atoms with van der Waals surface area (Å²) < 4.78 is 11.5. The quantitative estimate of drug-likeness (QED) is 0.737. The summed E-state index contributed by atoms with van der Waals surface area (Å²) in [6, 6.07) is 5.46. The van der Waals surface area contributed by atoms with Gasteiger partial charge in [-0.1, -0.05) is 26.2 Å². The van der Waals surface area contributed by atoms with Crippen LogP contribution in [0.2, 0.25) is 0 Å². The number of carbonyl (C=O) groups is 1. The van der Waals surface area contributed by atoms with Crippen molar-refractivity contribution in [3.63, 3.8) is 0 Å². The lowest BCUT2D eigenvalue weighted by molar-refractivity contribution is -0.0227. The number of methoxy groups -OCH3 is 1. The Balaban J connectivity index is 2.03. The Bertz CT molecular complexity index is 442. The fourth-order valence-electron chi connectivity index (χ4n) is 3.04. The van der Waals surface area contributed by atoms with Crippen LogP contribution in [0.3, 0.4) is 0 Å². The number of hydrogen-bond acceptors (Lipinski definition) is 3. The summed E-state index contributed by atoms with van der Waals surface area (Å²) in [4.78, 5) is 10.9. The summed E-state index contributed by atoms with van der Waals surface area (Å²) in [5, 5.41) is 0. The zero-order chi connectivity index (χ0) is 14.4. The second-order valence-corrected chi connectivity index (χ2v) is 5.49. The van der Waals surface area contributed by atoms with E-state index in [1.807, 2.05) is 12.1 Å². The molecule has 1 aromatic rings. The minimum atomic E-state index is 0.346. The average molecular weight is 276 g/mol. The number of aldehydes is 1. The van der Waals surface area contributed by atoms with Crippen LogP contribution in [-0.2, 0) is 11.3 Å². The largest absolute Gasteiger partial charge is 0.496 e. The van der Waals surface area contributed by atoms with Gasteiger partial charge in [-0.05, 0) is 37.0 Å². The molecule has 0 heterocycles. The van der Waals surface area contributed by atoms with Gasteiger partial charge in [0.25, 0.3) is 0 Å². The summed E-state index contributed by atoms with van der Waals surface area (Å²) in [5.74, 6) is 1.46. The van der Waals surface area contributed by atoms with Crippen LogP contribution in [0.25, 0.3) is 0 Å². The molecule has 2 atom stereocenters. The van der Waals surface area contributed by atoms with Gasteiger partial charge in [0.05, 0.1) is 19.8 Å². The van der Waals surface area contributed by atoms with E-state index < -0.39 is 0 Å². The average Bonchev–Trinajstić information content (AvgIpc) is 2.52. The van der Waals surface area contributed by atoms with Gasteiger partial charge in [-0.25, -0.2) is 0 Å². The molecule has 1 aliphatic rings. The Kier molecular flexibility index (Phi) is 5.60. The van der Waals surface area contributed by atoms with E-state index in [-0.39, 0.29) is 0 Å². The lowest BCUT2D eigenvalue weighted by atomic mass is 9.85. The molecule has 0 bridgehead atoms. The molecule has 20 heavy (non-hydrogen) atoms. The normalized spacial score (nSPS) is 22.5. The molecule has 3 nitrogen and oxygen atoms in total.